The van der Waals surface area contributed by atoms with E-state index < -0.39 is 0 Å². The molecular weight excluding hydrogens is 374 g/mol. The molecule has 0 unspecified atom stereocenters. The molecule has 1 aliphatic rings. The molecule has 0 spiro atoms. The predicted octanol–water partition coefficient (Wildman–Crippen LogP) is 4.67. The number of hydrogen-bond donors (Lipinski definition) is 2. The number of nitrogens with one attached hydrogen (secondary N) is 2. The summed E-state index contributed by atoms with van der Waals surface area (Å²) in [5, 5.41) is 11.5. The van der Waals surface area contributed by atoms with Crippen LogP contribution in [0.15, 0.2) is 54.6 Å². The van der Waals surface area contributed by atoms with Crippen LogP contribution in [0.2, 0.25) is 5.02 Å². The Morgan fingerprint density at radius 2 is 1.86 bits per heavy atom. The zero-order chi connectivity index (χ0) is 19.7. The van der Waals surface area contributed by atoms with Crippen LogP contribution in [0, 0.1) is 5.92 Å². The van der Waals surface area contributed by atoms with Gasteiger partial charge in [0, 0.05) is 10.9 Å². The van der Waals surface area contributed by atoms with Crippen molar-refractivity contribution in [3.8, 4) is 0 Å². The summed E-state index contributed by atoms with van der Waals surface area (Å²) in [5.41, 5.74) is 2.28. The summed E-state index contributed by atoms with van der Waals surface area (Å²) in [5.74, 6) is 0.715. The van der Waals surface area contributed by atoms with Crippen LogP contribution in [0.4, 0.5) is 11.9 Å². The highest BCUT2D eigenvalue weighted by Gasteiger charge is 2.31. The molecule has 2 aromatic carbocycles. The van der Waals surface area contributed by atoms with Gasteiger partial charge in [0.2, 0.25) is 11.9 Å². The fourth-order valence-electron chi connectivity index (χ4n) is 3.35. The molecule has 0 saturated heterocycles. The molecule has 0 aliphatic carbocycles. The molecular formula is C21H22ClN5O. The van der Waals surface area contributed by atoms with E-state index in [-0.39, 0.29) is 23.9 Å². The van der Waals surface area contributed by atoms with Crippen molar-refractivity contribution in [2.24, 2.45) is 5.92 Å². The fraction of sp³-hybridized carbons (Fsp3) is 0.286. The smallest absolute Gasteiger partial charge is 0.250 e. The summed E-state index contributed by atoms with van der Waals surface area (Å²) < 4.78 is 1.86. The molecule has 2 N–H and O–H groups in total. The maximum absolute atomic E-state index is 12.1. The van der Waals surface area contributed by atoms with Crippen molar-refractivity contribution in [3.63, 3.8) is 0 Å². The first-order chi connectivity index (χ1) is 13.5. The van der Waals surface area contributed by atoms with Crippen LogP contribution in [0.5, 0.6) is 0 Å². The van der Waals surface area contributed by atoms with Gasteiger partial charge in [-0.3, -0.25) is 10.1 Å². The van der Waals surface area contributed by atoms with Crippen LogP contribution in [0.3, 0.4) is 0 Å². The highest BCUT2D eigenvalue weighted by Crippen LogP contribution is 2.38. The van der Waals surface area contributed by atoms with E-state index in [2.05, 4.69) is 32.8 Å². The normalized spacial score (nSPS) is 18.4. The van der Waals surface area contributed by atoms with Crippen molar-refractivity contribution < 1.29 is 4.79 Å². The van der Waals surface area contributed by atoms with Crippen LogP contribution in [0.1, 0.15) is 43.5 Å². The Hall–Kier alpha value is -2.86. The lowest BCUT2D eigenvalue weighted by Crippen LogP contribution is -2.28. The van der Waals surface area contributed by atoms with Gasteiger partial charge in [-0.1, -0.05) is 67.9 Å². The largest absolute Gasteiger partial charge is 0.347 e. The Kier molecular flexibility index (Phi) is 5.05. The molecule has 1 aromatic heterocycles. The minimum Gasteiger partial charge on any atom is -0.347 e. The first-order valence-corrected chi connectivity index (χ1v) is 9.73. The number of benzene rings is 2. The zero-order valence-corrected chi connectivity index (χ0v) is 16.5. The molecule has 0 bridgehead atoms. The second-order valence-electron chi connectivity index (χ2n) is 7.26. The lowest BCUT2D eigenvalue weighted by molar-refractivity contribution is -0.118. The van der Waals surface area contributed by atoms with Gasteiger partial charge in [0.1, 0.15) is 0 Å². The van der Waals surface area contributed by atoms with Crippen LogP contribution in [0.25, 0.3) is 0 Å². The first-order valence-electron chi connectivity index (χ1n) is 9.35. The third-order valence-electron chi connectivity index (χ3n) is 4.90. The van der Waals surface area contributed by atoms with Gasteiger partial charge in [0.15, 0.2) is 0 Å². The maximum Gasteiger partial charge on any atom is 0.250 e. The minimum atomic E-state index is -0.139. The highest BCUT2D eigenvalue weighted by molar-refractivity contribution is 6.30. The molecule has 144 valence electrons. The van der Waals surface area contributed by atoms with Crippen molar-refractivity contribution >= 4 is 29.4 Å². The number of carbonyl (C=O) groups is 1. The van der Waals surface area contributed by atoms with Crippen LogP contribution >= 0.6 is 11.6 Å². The summed E-state index contributed by atoms with van der Waals surface area (Å²) in [6, 6.07) is 18.1. The SMILES string of the molecule is CC(C)C(=O)Nc1nc2n(n1)[C@@H](c1ccccc1)C[C@@H](c1ccc(Cl)cc1)N2. The van der Waals surface area contributed by atoms with Crippen molar-refractivity contribution in [2.45, 2.75) is 32.4 Å². The van der Waals surface area contributed by atoms with Crippen molar-refractivity contribution in [2.75, 3.05) is 10.6 Å². The van der Waals surface area contributed by atoms with E-state index in [1.54, 1.807) is 0 Å². The maximum atomic E-state index is 12.1. The summed E-state index contributed by atoms with van der Waals surface area (Å²) in [6.45, 7) is 3.68. The lowest BCUT2D eigenvalue weighted by atomic mass is 9.93. The molecule has 0 saturated carbocycles. The summed E-state index contributed by atoms with van der Waals surface area (Å²) in [4.78, 5) is 16.6. The summed E-state index contributed by atoms with van der Waals surface area (Å²) in [6.07, 6.45) is 0.805. The number of rotatable bonds is 4. The highest BCUT2D eigenvalue weighted by atomic mass is 35.5. The van der Waals surface area contributed by atoms with Crippen LogP contribution < -0.4 is 10.6 Å². The second kappa shape index (κ2) is 7.64. The quantitative estimate of drug-likeness (QED) is 0.673. The molecule has 3 aromatic rings. The van der Waals surface area contributed by atoms with E-state index in [0.29, 0.717) is 16.9 Å². The number of halogens is 1. The van der Waals surface area contributed by atoms with Gasteiger partial charge in [-0.05, 0) is 29.7 Å². The number of aromatic nitrogens is 3. The van der Waals surface area contributed by atoms with E-state index in [1.165, 1.54) is 0 Å². The number of fused-ring (bicyclic) bond motifs is 1. The molecule has 1 aliphatic heterocycles. The molecule has 28 heavy (non-hydrogen) atoms. The molecule has 0 radical (unpaired) electrons. The Bertz CT molecular complexity index is 968. The molecule has 6 nitrogen and oxygen atoms in total. The first kappa shape index (κ1) is 18.5. The van der Waals surface area contributed by atoms with E-state index in [0.717, 1.165) is 17.5 Å². The fourth-order valence-corrected chi connectivity index (χ4v) is 3.48. The molecule has 2 atom stereocenters. The molecule has 1 amide bonds. The van der Waals surface area contributed by atoms with Crippen molar-refractivity contribution in [3.05, 3.63) is 70.7 Å². The average molecular weight is 396 g/mol. The number of hydrogen-bond acceptors (Lipinski definition) is 4. The molecule has 2 heterocycles. The van der Waals surface area contributed by atoms with E-state index in [4.69, 9.17) is 11.6 Å². The Morgan fingerprint density at radius 1 is 1.14 bits per heavy atom. The van der Waals surface area contributed by atoms with E-state index >= 15 is 0 Å². The second-order valence-corrected chi connectivity index (χ2v) is 7.69. The Balaban J connectivity index is 1.70. The van der Waals surface area contributed by atoms with Gasteiger partial charge in [-0.25, -0.2) is 4.68 Å². The standard InChI is InChI=1S/C21H22ClN5O/c1-13(2)19(28)24-20-25-21-23-17(14-8-10-16(22)11-9-14)12-18(27(21)26-20)15-6-4-3-5-7-15/h3-11,13,17-18H,12H2,1-2H3,(H2,23,24,25,26,28)/t17-,18+/m0/s1. The summed E-state index contributed by atoms with van der Waals surface area (Å²) >= 11 is 6.05. The lowest BCUT2D eigenvalue weighted by Gasteiger charge is -2.31. The van der Waals surface area contributed by atoms with Gasteiger partial charge in [0.25, 0.3) is 5.95 Å². The van der Waals surface area contributed by atoms with Crippen LogP contribution in [-0.4, -0.2) is 20.7 Å². The Morgan fingerprint density at radius 3 is 2.54 bits per heavy atom. The van der Waals surface area contributed by atoms with Crippen LogP contribution in [-0.2, 0) is 4.79 Å². The van der Waals surface area contributed by atoms with Gasteiger partial charge in [-0.15, -0.1) is 5.10 Å². The molecule has 7 heteroatoms. The number of carbonyl (C=O) groups excluding carboxylic acids is 1. The number of nitrogens with zero attached hydrogens (tertiary/aromatic N) is 3. The topological polar surface area (TPSA) is 71.8 Å². The van der Waals surface area contributed by atoms with E-state index in [9.17, 15) is 4.79 Å². The van der Waals surface area contributed by atoms with Gasteiger partial charge in [-0.2, -0.15) is 4.98 Å². The number of anilines is 2. The average Bonchev–Trinajstić information content (AvgIpc) is 3.10. The summed E-state index contributed by atoms with van der Waals surface area (Å²) in [7, 11) is 0. The molecule has 0 fully saturated rings. The Labute approximate surface area is 168 Å². The predicted molar refractivity (Wildman–Crippen MR) is 111 cm³/mol. The van der Waals surface area contributed by atoms with Gasteiger partial charge < -0.3 is 5.32 Å². The van der Waals surface area contributed by atoms with E-state index in [1.807, 2.05) is 61.0 Å². The zero-order valence-electron chi connectivity index (χ0n) is 15.8. The monoisotopic (exact) mass is 395 g/mol. The van der Waals surface area contributed by atoms with Gasteiger partial charge in [0.05, 0.1) is 12.1 Å². The van der Waals surface area contributed by atoms with Crippen molar-refractivity contribution in [1.82, 2.24) is 14.8 Å². The third-order valence-corrected chi connectivity index (χ3v) is 5.16. The number of amides is 1. The van der Waals surface area contributed by atoms with Gasteiger partial charge >= 0.3 is 0 Å². The van der Waals surface area contributed by atoms with Crippen molar-refractivity contribution in [1.29, 1.82) is 0 Å². The minimum absolute atomic E-state index is 0.00956. The third kappa shape index (κ3) is 3.73. The molecule has 4 rings (SSSR count).